The summed E-state index contributed by atoms with van der Waals surface area (Å²) in [6.07, 6.45) is 5.70. The summed E-state index contributed by atoms with van der Waals surface area (Å²) in [4.78, 5) is 25.8. The summed E-state index contributed by atoms with van der Waals surface area (Å²) in [5.74, 6) is -0.504. The molecule has 0 amide bonds. The summed E-state index contributed by atoms with van der Waals surface area (Å²) in [5, 5.41) is 10.1. The number of Topliss-reactive ketones (excluding diaryl/α,β-unsaturated/α-hetero) is 1. The highest BCUT2D eigenvalue weighted by Gasteiger charge is 2.36. The van der Waals surface area contributed by atoms with Gasteiger partial charge in [0, 0.05) is 37.0 Å². The number of hydrogen-bond acceptors (Lipinski definition) is 8. The fourth-order valence-corrected chi connectivity index (χ4v) is 8.03. The Bertz CT molecular complexity index is 1480. The normalized spacial score (nSPS) is 21.5. The van der Waals surface area contributed by atoms with E-state index in [-0.39, 0.29) is 41.5 Å². The number of aromatic nitrogens is 2. The third-order valence-electron chi connectivity index (χ3n) is 8.09. The molecule has 3 atom stereocenters. The van der Waals surface area contributed by atoms with Gasteiger partial charge in [-0.05, 0) is 49.1 Å². The first-order valence-electron chi connectivity index (χ1n) is 13.9. The summed E-state index contributed by atoms with van der Waals surface area (Å²) >= 11 is 1.49. The van der Waals surface area contributed by atoms with Gasteiger partial charge in [0.1, 0.15) is 16.6 Å². The highest BCUT2D eigenvalue weighted by Crippen LogP contribution is 2.46. The molecule has 3 heterocycles. The van der Waals surface area contributed by atoms with Gasteiger partial charge < -0.3 is 4.90 Å². The number of carbonyl (C=O) groups excluding carboxylic acids is 1. The Balaban J connectivity index is 1.50. The molecule has 1 aromatic carbocycles. The molecule has 0 spiro atoms. The predicted molar refractivity (Wildman–Crippen MR) is 155 cm³/mol. The number of ketones is 1. The molecule has 1 saturated carbocycles. The van der Waals surface area contributed by atoms with Crippen molar-refractivity contribution in [1.82, 2.24) is 9.97 Å². The first-order valence-corrected chi connectivity index (χ1v) is 16.5. The maximum atomic E-state index is 13.6. The van der Waals surface area contributed by atoms with Crippen molar-refractivity contribution < 1.29 is 17.6 Å². The van der Waals surface area contributed by atoms with Gasteiger partial charge >= 0.3 is 0 Å². The first-order chi connectivity index (χ1) is 19.3. The number of rotatable bonds is 8. The Kier molecular flexibility index (Phi) is 8.62. The van der Waals surface area contributed by atoms with Crippen LogP contribution in [0.25, 0.3) is 21.1 Å². The number of nitrogens with zero attached hydrogens (tertiary/aromatic N) is 4. The predicted octanol–water partition coefficient (Wildman–Crippen LogP) is 6.03. The van der Waals surface area contributed by atoms with Crippen LogP contribution in [0.2, 0.25) is 0 Å². The Hall–Kier alpha value is -3.16. The number of anilines is 1. The fraction of sp³-hybridized carbons (Fsp3) is 0.467. The topological polar surface area (TPSA) is 104 Å². The number of hydrogen-bond donors (Lipinski definition) is 0. The van der Waals surface area contributed by atoms with Gasteiger partial charge in [-0.3, -0.25) is 9.78 Å². The van der Waals surface area contributed by atoms with E-state index >= 15 is 0 Å². The van der Waals surface area contributed by atoms with Crippen LogP contribution >= 0.6 is 11.3 Å². The average molecular weight is 581 g/mol. The highest BCUT2D eigenvalue weighted by molar-refractivity contribution is 7.91. The van der Waals surface area contributed by atoms with Crippen LogP contribution in [0.1, 0.15) is 57.1 Å². The van der Waals surface area contributed by atoms with E-state index in [0.717, 1.165) is 47.5 Å². The maximum Gasteiger partial charge on any atom is 0.153 e. The Labute approximate surface area is 239 Å². The summed E-state index contributed by atoms with van der Waals surface area (Å²) in [7, 11) is -2.97. The second-order valence-corrected chi connectivity index (χ2v) is 14.0. The van der Waals surface area contributed by atoms with Gasteiger partial charge in [0.2, 0.25) is 0 Å². The first kappa shape index (κ1) is 28.4. The number of halogens is 1. The largest absolute Gasteiger partial charge is 0.369 e. The van der Waals surface area contributed by atoms with E-state index in [2.05, 4.69) is 16.0 Å². The minimum atomic E-state index is -2.97. The van der Waals surface area contributed by atoms with Gasteiger partial charge in [0.25, 0.3) is 0 Å². The van der Waals surface area contributed by atoms with Crippen LogP contribution in [0.15, 0.2) is 42.6 Å². The van der Waals surface area contributed by atoms with Crippen LogP contribution in [0, 0.1) is 29.0 Å². The third kappa shape index (κ3) is 6.26. The molecule has 0 bridgehead atoms. The molecule has 7 nitrogen and oxygen atoms in total. The lowest BCUT2D eigenvalue weighted by atomic mass is 9.73. The van der Waals surface area contributed by atoms with Crippen LogP contribution in [0.4, 0.5) is 10.1 Å². The Morgan fingerprint density at radius 3 is 2.52 bits per heavy atom. The molecule has 3 aromatic rings. The number of pyridine rings is 1. The smallest absolute Gasteiger partial charge is 0.153 e. The van der Waals surface area contributed by atoms with Gasteiger partial charge in [-0.2, -0.15) is 5.26 Å². The monoisotopic (exact) mass is 580 g/mol. The molecule has 2 fully saturated rings. The molecule has 1 aliphatic carbocycles. The van der Waals surface area contributed by atoms with E-state index in [0.29, 0.717) is 30.2 Å². The number of carbonyl (C=O) groups is 1. The number of nitriles is 1. The van der Waals surface area contributed by atoms with E-state index < -0.39 is 15.7 Å². The van der Waals surface area contributed by atoms with Gasteiger partial charge in [-0.1, -0.05) is 31.9 Å². The molecule has 10 heteroatoms. The van der Waals surface area contributed by atoms with Crippen LogP contribution in [0.3, 0.4) is 0 Å². The van der Waals surface area contributed by atoms with Crippen molar-refractivity contribution in [3.63, 3.8) is 0 Å². The van der Waals surface area contributed by atoms with Crippen molar-refractivity contribution in [2.75, 3.05) is 29.5 Å². The number of sulfone groups is 1. The molecule has 1 unspecified atom stereocenters. The van der Waals surface area contributed by atoms with Gasteiger partial charge in [0.15, 0.2) is 9.84 Å². The second-order valence-electron chi connectivity index (χ2n) is 10.7. The molecule has 40 heavy (non-hydrogen) atoms. The minimum absolute atomic E-state index is 0.0649. The molecule has 1 saturated heterocycles. The molecule has 1 aliphatic heterocycles. The molecule has 5 rings (SSSR count). The van der Waals surface area contributed by atoms with Gasteiger partial charge in [-0.15, -0.1) is 11.3 Å². The van der Waals surface area contributed by atoms with Crippen LogP contribution in [0.5, 0.6) is 0 Å². The van der Waals surface area contributed by atoms with Crippen molar-refractivity contribution in [2.24, 2.45) is 11.8 Å². The van der Waals surface area contributed by atoms with E-state index in [1.165, 1.54) is 23.6 Å². The lowest BCUT2D eigenvalue weighted by Gasteiger charge is -2.31. The van der Waals surface area contributed by atoms with Crippen molar-refractivity contribution >= 4 is 32.6 Å². The van der Waals surface area contributed by atoms with Crippen molar-refractivity contribution in [1.29, 1.82) is 5.26 Å². The summed E-state index contributed by atoms with van der Waals surface area (Å²) in [5.41, 5.74) is 3.39. The lowest BCUT2D eigenvalue weighted by molar-refractivity contribution is -0.125. The number of thiazole rings is 1. The van der Waals surface area contributed by atoms with Gasteiger partial charge in [0.05, 0.1) is 46.0 Å². The van der Waals surface area contributed by atoms with E-state index in [1.54, 1.807) is 6.07 Å². The quantitative estimate of drug-likeness (QED) is 0.320. The third-order valence-corrected chi connectivity index (χ3v) is 10.8. The Morgan fingerprint density at radius 2 is 1.88 bits per heavy atom. The molecule has 0 N–H and O–H groups in total. The van der Waals surface area contributed by atoms with E-state index in [4.69, 9.17) is 4.98 Å². The van der Waals surface area contributed by atoms with Crippen molar-refractivity contribution in [3.8, 4) is 27.2 Å². The molecular weight excluding hydrogens is 547 g/mol. The van der Waals surface area contributed by atoms with Gasteiger partial charge in [-0.25, -0.2) is 17.8 Å². The SMILES string of the molecule is CCC(C#N)CC(=O)[C@@H]1CCCC[C@H]1c1nc(-c2ccc(F)cn2)sc1-c1ccc(N2CCS(=O)(=O)CC2)cc1. The average Bonchev–Trinajstić information content (AvgIpc) is 3.41. The molecule has 2 aliphatic rings. The maximum absolute atomic E-state index is 13.6. The zero-order valence-corrected chi connectivity index (χ0v) is 24.2. The fourth-order valence-electron chi connectivity index (χ4n) is 5.72. The van der Waals surface area contributed by atoms with E-state index in [1.807, 2.05) is 31.2 Å². The zero-order chi connectivity index (χ0) is 28.3. The summed E-state index contributed by atoms with van der Waals surface area (Å²) in [6.45, 7) is 2.88. The Morgan fingerprint density at radius 1 is 1.15 bits per heavy atom. The van der Waals surface area contributed by atoms with Crippen molar-refractivity contribution in [2.45, 2.75) is 51.4 Å². The highest BCUT2D eigenvalue weighted by atomic mass is 32.2. The van der Waals surface area contributed by atoms with Crippen molar-refractivity contribution in [3.05, 3.63) is 54.1 Å². The van der Waals surface area contributed by atoms with Crippen LogP contribution < -0.4 is 4.90 Å². The number of benzene rings is 1. The summed E-state index contributed by atoms with van der Waals surface area (Å²) in [6, 6.07) is 13.3. The van der Waals surface area contributed by atoms with Crippen LogP contribution in [-0.2, 0) is 14.6 Å². The lowest BCUT2D eigenvalue weighted by Crippen LogP contribution is -2.40. The molecule has 210 valence electrons. The molecule has 0 radical (unpaired) electrons. The molecule has 2 aromatic heterocycles. The summed E-state index contributed by atoms with van der Waals surface area (Å²) < 4.78 is 37.3. The standard InChI is InChI=1S/C30H33FN4O3S2/c1-2-20(18-32)17-27(36)24-5-3-4-6-25(24)28-29(39-30(34-28)26-12-9-22(31)19-33-26)21-7-10-23(11-8-21)35-13-15-40(37,38)16-14-35/h7-12,19-20,24-25H,2-6,13-17H2,1H3/t20?,24-,25-/m1/s1. The van der Waals surface area contributed by atoms with E-state index in [9.17, 15) is 22.9 Å². The molecular formula is C30H33FN4O3S2. The minimum Gasteiger partial charge on any atom is -0.369 e. The van der Waals surface area contributed by atoms with Crippen LogP contribution in [-0.4, -0.2) is 48.8 Å². The second kappa shape index (κ2) is 12.1. The zero-order valence-electron chi connectivity index (χ0n) is 22.6.